The Kier molecular flexibility index (Phi) is 2.33. The number of alkyl halides is 2. The van der Waals surface area contributed by atoms with Gasteiger partial charge in [-0.1, -0.05) is 0 Å². The lowest BCUT2D eigenvalue weighted by atomic mass is 10.1. The first-order valence-electron chi connectivity index (χ1n) is 4.30. The van der Waals surface area contributed by atoms with E-state index in [1.165, 1.54) is 0 Å². The molecule has 0 bridgehead atoms. The molecule has 4 heteroatoms. The Balaban J connectivity index is 2.83. The van der Waals surface area contributed by atoms with Crippen molar-refractivity contribution in [3.8, 4) is 6.07 Å². The molecule has 2 nitrogen and oxygen atoms in total. The SMILES string of the molecule is CC(C)(C)N1CC(F)(F)C[C@H]1C#N. The molecule has 13 heavy (non-hydrogen) atoms. The molecule has 0 aromatic rings. The third-order valence-electron chi connectivity index (χ3n) is 2.28. The van der Waals surface area contributed by atoms with Gasteiger partial charge in [-0.05, 0) is 20.8 Å². The molecule has 0 spiro atoms. The molecule has 0 unspecified atom stereocenters. The van der Waals surface area contributed by atoms with Gasteiger partial charge in [0.1, 0.15) is 6.04 Å². The third-order valence-corrected chi connectivity index (χ3v) is 2.28. The van der Waals surface area contributed by atoms with Crippen molar-refractivity contribution in [2.45, 2.75) is 44.7 Å². The predicted octanol–water partition coefficient (Wildman–Crippen LogP) is 2.02. The van der Waals surface area contributed by atoms with Crippen molar-refractivity contribution in [2.75, 3.05) is 6.54 Å². The van der Waals surface area contributed by atoms with Crippen molar-refractivity contribution < 1.29 is 8.78 Å². The quantitative estimate of drug-likeness (QED) is 0.581. The van der Waals surface area contributed by atoms with Crippen molar-refractivity contribution >= 4 is 0 Å². The molecule has 1 saturated heterocycles. The highest BCUT2D eigenvalue weighted by molar-refractivity contribution is 5.05. The van der Waals surface area contributed by atoms with Crippen LogP contribution in [0.5, 0.6) is 0 Å². The molecular formula is C9H14F2N2. The van der Waals surface area contributed by atoms with Crippen LogP contribution >= 0.6 is 0 Å². The Morgan fingerprint density at radius 3 is 2.31 bits per heavy atom. The van der Waals surface area contributed by atoms with Gasteiger partial charge >= 0.3 is 0 Å². The van der Waals surface area contributed by atoms with Gasteiger partial charge in [0.05, 0.1) is 12.6 Å². The molecule has 0 saturated carbocycles. The first-order valence-corrected chi connectivity index (χ1v) is 4.30. The van der Waals surface area contributed by atoms with E-state index in [4.69, 9.17) is 5.26 Å². The van der Waals surface area contributed by atoms with Crippen molar-refractivity contribution in [1.82, 2.24) is 4.90 Å². The van der Waals surface area contributed by atoms with E-state index in [0.29, 0.717) is 0 Å². The van der Waals surface area contributed by atoms with E-state index in [-0.39, 0.29) is 18.5 Å². The smallest absolute Gasteiger partial charge is 0.263 e. The Bertz CT molecular complexity index is 237. The molecule has 0 radical (unpaired) electrons. The van der Waals surface area contributed by atoms with Gasteiger partial charge in [0.25, 0.3) is 5.92 Å². The van der Waals surface area contributed by atoms with E-state index < -0.39 is 12.0 Å². The monoisotopic (exact) mass is 188 g/mol. The second kappa shape index (κ2) is 2.91. The first-order chi connectivity index (χ1) is 5.76. The molecule has 0 amide bonds. The minimum atomic E-state index is -2.70. The number of halogens is 2. The Morgan fingerprint density at radius 1 is 1.46 bits per heavy atom. The largest absolute Gasteiger partial charge is 0.277 e. The molecular weight excluding hydrogens is 174 g/mol. The molecule has 0 N–H and O–H groups in total. The summed E-state index contributed by atoms with van der Waals surface area (Å²) < 4.78 is 25.9. The van der Waals surface area contributed by atoms with E-state index in [1.54, 1.807) is 4.90 Å². The summed E-state index contributed by atoms with van der Waals surface area (Å²) in [5.74, 6) is -2.70. The number of likely N-dealkylation sites (tertiary alicyclic amines) is 1. The minimum Gasteiger partial charge on any atom is -0.277 e. The summed E-state index contributed by atoms with van der Waals surface area (Å²) in [5, 5.41) is 8.71. The standard InChI is InChI=1S/C9H14F2N2/c1-8(2,3)13-6-9(10,11)4-7(13)5-12/h7H,4,6H2,1-3H3/t7-/m0/s1. The van der Waals surface area contributed by atoms with Crippen LogP contribution in [-0.2, 0) is 0 Å². The number of hydrogen-bond acceptors (Lipinski definition) is 2. The molecule has 1 atom stereocenters. The van der Waals surface area contributed by atoms with E-state index in [2.05, 4.69) is 0 Å². The van der Waals surface area contributed by atoms with Crippen LogP contribution in [0, 0.1) is 11.3 Å². The Hall–Kier alpha value is -0.690. The molecule has 1 aliphatic heterocycles. The van der Waals surface area contributed by atoms with Crippen molar-refractivity contribution in [2.24, 2.45) is 0 Å². The van der Waals surface area contributed by atoms with Gasteiger partial charge in [0.15, 0.2) is 0 Å². The van der Waals surface area contributed by atoms with E-state index >= 15 is 0 Å². The zero-order valence-corrected chi connectivity index (χ0v) is 8.14. The highest BCUT2D eigenvalue weighted by Crippen LogP contribution is 2.35. The maximum Gasteiger partial charge on any atom is 0.263 e. The zero-order chi connectivity index (χ0) is 10.3. The van der Waals surface area contributed by atoms with E-state index in [9.17, 15) is 8.78 Å². The van der Waals surface area contributed by atoms with Crippen LogP contribution in [0.1, 0.15) is 27.2 Å². The average Bonchev–Trinajstić information content (AvgIpc) is 2.24. The summed E-state index contributed by atoms with van der Waals surface area (Å²) in [6.07, 6.45) is -0.333. The summed E-state index contributed by atoms with van der Waals surface area (Å²) in [4.78, 5) is 1.56. The van der Waals surface area contributed by atoms with Crippen LogP contribution in [0.3, 0.4) is 0 Å². The van der Waals surface area contributed by atoms with Gasteiger partial charge < -0.3 is 0 Å². The van der Waals surface area contributed by atoms with Crippen LogP contribution in [0.25, 0.3) is 0 Å². The maximum atomic E-state index is 13.0. The zero-order valence-electron chi connectivity index (χ0n) is 8.14. The summed E-state index contributed by atoms with van der Waals surface area (Å²) in [6.45, 7) is 5.24. The van der Waals surface area contributed by atoms with Gasteiger partial charge in [-0.3, -0.25) is 4.90 Å². The second-order valence-corrected chi connectivity index (χ2v) is 4.50. The lowest BCUT2D eigenvalue weighted by Gasteiger charge is -2.33. The van der Waals surface area contributed by atoms with Crippen LogP contribution in [0.2, 0.25) is 0 Å². The molecule has 1 aliphatic rings. The predicted molar refractivity (Wildman–Crippen MR) is 45.4 cm³/mol. The molecule has 1 rings (SSSR count). The van der Waals surface area contributed by atoms with Crippen molar-refractivity contribution in [3.05, 3.63) is 0 Å². The molecule has 74 valence electrons. The maximum absolute atomic E-state index is 13.0. The van der Waals surface area contributed by atoms with E-state index in [1.807, 2.05) is 26.8 Å². The van der Waals surface area contributed by atoms with Crippen molar-refractivity contribution in [3.63, 3.8) is 0 Å². The Labute approximate surface area is 77.1 Å². The van der Waals surface area contributed by atoms with E-state index in [0.717, 1.165) is 0 Å². The van der Waals surface area contributed by atoms with Crippen LogP contribution in [0.15, 0.2) is 0 Å². The van der Waals surface area contributed by atoms with Crippen molar-refractivity contribution in [1.29, 1.82) is 5.26 Å². The fraction of sp³-hybridized carbons (Fsp3) is 0.889. The molecule has 0 aliphatic carbocycles. The minimum absolute atomic E-state index is 0.297. The van der Waals surface area contributed by atoms with Crippen LogP contribution in [-0.4, -0.2) is 28.9 Å². The summed E-state index contributed by atoms with van der Waals surface area (Å²) >= 11 is 0. The summed E-state index contributed by atoms with van der Waals surface area (Å²) in [5.41, 5.74) is -0.361. The lowest BCUT2D eigenvalue weighted by Crippen LogP contribution is -2.44. The van der Waals surface area contributed by atoms with Gasteiger partial charge in [-0.15, -0.1) is 0 Å². The molecule has 1 fully saturated rings. The average molecular weight is 188 g/mol. The number of hydrogen-bond donors (Lipinski definition) is 0. The number of nitriles is 1. The first kappa shape index (κ1) is 10.4. The normalized spacial score (nSPS) is 28.8. The number of rotatable bonds is 0. The fourth-order valence-electron chi connectivity index (χ4n) is 1.64. The third kappa shape index (κ3) is 2.16. The summed E-state index contributed by atoms with van der Waals surface area (Å²) in [7, 11) is 0. The van der Waals surface area contributed by atoms with Gasteiger partial charge in [-0.25, -0.2) is 8.78 Å². The molecule has 0 aromatic heterocycles. The van der Waals surface area contributed by atoms with Crippen LogP contribution in [0.4, 0.5) is 8.78 Å². The van der Waals surface area contributed by atoms with Gasteiger partial charge in [0, 0.05) is 12.0 Å². The van der Waals surface area contributed by atoms with Gasteiger partial charge in [0.2, 0.25) is 0 Å². The molecule has 1 heterocycles. The Morgan fingerprint density at radius 2 is 2.00 bits per heavy atom. The summed E-state index contributed by atoms with van der Waals surface area (Å²) in [6, 6.07) is 1.28. The van der Waals surface area contributed by atoms with Gasteiger partial charge in [-0.2, -0.15) is 5.26 Å². The fourth-order valence-corrected chi connectivity index (χ4v) is 1.64. The number of nitrogens with zero attached hydrogens (tertiary/aromatic N) is 2. The highest BCUT2D eigenvalue weighted by atomic mass is 19.3. The highest BCUT2D eigenvalue weighted by Gasteiger charge is 2.48. The molecule has 0 aromatic carbocycles. The lowest BCUT2D eigenvalue weighted by molar-refractivity contribution is 0.00155. The second-order valence-electron chi connectivity index (χ2n) is 4.50. The topological polar surface area (TPSA) is 27.0 Å². The van der Waals surface area contributed by atoms with Crippen LogP contribution < -0.4 is 0 Å².